The monoisotopic (exact) mass is 471 g/mol. The maximum absolute atomic E-state index is 12.6. The van der Waals surface area contributed by atoms with Crippen LogP contribution in [0, 0.1) is 5.41 Å². The topological polar surface area (TPSA) is 84.6 Å². The Morgan fingerprint density at radius 1 is 1.06 bits per heavy atom. The van der Waals surface area contributed by atoms with Gasteiger partial charge in [0.2, 0.25) is 5.82 Å². The fraction of sp³-hybridized carbons (Fsp3) is 0.636. The molecule has 0 unspecified atom stereocenters. The van der Waals surface area contributed by atoms with Crippen LogP contribution in [-0.2, 0) is 10.9 Å². The van der Waals surface area contributed by atoms with Crippen molar-refractivity contribution in [2.24, 2.45) is 5.41 Å². The number of pyridine rings is 1. The highest BCUT2D eigenvalue weighted by Crippen LogP contribution is 2.42. The van der Waals surface area contributed by atoms with E-state index in [0.29, 0.717) is 24.5 Å². The summed E-state index contributed by atoms with van der Waals surface area (Å²) < 4.78 is 47.3. The Hall–Kier alpha value is -2.85. The summed E-state index contributed by atoms with van der Waals surface area (Å²) in [6.07, 6.45) is -3.57. The van der Waals surface area contributed by atoms with E-state index in [9.17, 15) is 18.0 Å². The summed E-state index contributed by atoms with van der Waals surface area (Å²) >= 11 is 0. The second-order valence-corrected chi connectivity index (χ2v) is 8.52. The van der Waals surface area contributed by atoms with Crippen LogP contribution in [0.2, 0.25) is 0 Å². The Balaban J connectivity index is 0.000000914. The van der Waals surface area contributed by atoms with Crippen LogP contribution < -0.4 is 4.90 Å². The summed E-state index contributed by atoms with van der Waals surface area (Å²) in [6, 6.07) is 3.31. The molecule has 0 N–H and O–H groups in total. The Morgan fingerprint density at radius 2 is 1.67 bits per heavy atom. The number of likely N-dealkylation sites (tertiary alicyclic amines) is 1. The molecule has 2 aliphatic rings. The van der Waals surface area contributed by atoms with Crippen molar-refractivity contribution in [3.63, 3.8) is 0 Å². The van der Waals surface area contributed by atoms with Gasteiger partial charge in [0.05, 0.1) is 0 Å². The van der Waals surface area contributed by atoms with Crippen LogP contribution in [-0.4, -0.2) is 57.9 Å². The molecular weight excluding hydrogens is 439 g/mol. The third-order valence-electron chi connectivity index (χ3n) is 4.76. The minimum Gasteiger partial charge on any atom is -0.444 e. The van der Waals surface area contributed by atoms with E-state index in [2.05, 4.69) is 19.6 Å². The second kappa shape index (κ2) is 9.96. The highest BCUT2D eigenvalue weighted by molar-refractivity contribution is 5.70. The van der Waals surface area contributed by atoms with Crippen molar-refractivity contribution in [3.8, 4) is 11.4 Å². The van der Waals surface area contributed by atoms with Gasteiger partial charge in [-0.05, 0) is 32.9 Å². The first-order valence-corrected chi connectivity index (χ1v) is 11.0. The van der Waals surface area contributed by atoms with Gasteiger partial charge in [0.15, 0.2) is 0 Å². The zero-order valence-corrected chi connectivity index (χ0v) is 20.2. The highest BCUT2D eigenvalue weighted by atomic mass is 19.4. The number of carbonyl (C=O) groups excluding carboxylic acids is 1. The number of hydrogen-bond acceptors (Lipinski definition) is 7. The number of nitrogens with zero attached hydrogens (tertiary/aromatic N) is 5. The minimum atomic E-state index is -4.68. The van der Waals surface area contributed by atoms with E-state index in [4.69, 9.17) is 4.74 Å². The van der Waals surface area contributed by atoms with Crippen LogP contribution >= 0.6 is 0 Å². The minimum absolute atomic E-state index is 0.0481. The third kappa shape index (κ3) is 6.14. The molecule has 1 amide bonds. The normalized spacial score (nSPS) is 16.5. The molecule has 4 rings (SSSR count). The number of ether oxygens (including phenoxy) is 1. The smallest absolute Gasteiger partial charge is 0.444 e. The number of hydrogen-bond donors (Lipinski definition) is 0. The maximum Gasteiger partial charge on any atom is 0.471 e. The van der Waals surface area contributed by atoms with E-state index in [-0.39, 0.29) is 17.3 Å². The number of rotatable bonds is 2. The summed E-state index contributed by atoms with van der Waals surface area (Å²) in [4.78, 5) is 23.4. The summed E-state index contributed by atoms with van der Waals surface area (Å²) in [5.74, 6) is -0.848. The van der Waals surface area contributed by atoms with Gasteiger partial charge in [0.1, 0.15) is 11.4 Å². The van der Waals surface area contributed by atoms with E-state index in [1.54, 1.807) is 17.0 Å². The van der Waals surface area contributed by atoms with Crippen LogP contribution in [0.4, 0.5) is 23.8 Å². The number of anilines is 1. The molecule has 2 aliphatic heterocycles. The predicted molar refractivity (Wildman–Crippen MR) is 118 cm³/mol. The van der Waals surface area contributed by atoms with Crippen molar-refractivity contribution < 1.29 is 27.2 Å². The van der Waals surface area contributed by atoms with Crippen LogP contribution in [0.15, 0.2) is 22.9 Å². The van der Waals surface area contributed by atoms with E-state index < -0.39 is 17.7 Å². The summed E-state index contributed by atoms with van der Waals surface area (Å²) in [6.45, 7) is 16.3. The van der Waals surface area contributed by atoms with Crippen molar-refractivity contribution in [2.75, 3.05) is 31.1 Å². The van der Waals surface area contributed by atoms with Crippen LogP contribution in [0.25, 0.3) is 11.4 Å². The van der Waals surface area contributed by atoms with E-state index in [0.717, 1.165) is 13.1 Å². The number of aromatic nitrogens is 3. The molecule has 0 saturated carbocycles. The first-order valence-electron chi connectivity index (χ1n) is 11.0. The molecule has 0 aromatic carbocycles. The van der Waals surface area contributed by atoms with Crippen LogP contribution in [0.3, 0.4) is 0 Å². The molecule has 11 heteroatoms. The molecule has 0 radical (unpaired) electrons. The lowest BCUT2D eigenvalue weighted by molar-refractivity contribution is -0.159. The molecule has 4 heterocycles. The van der Waals surface area contributed by atoms with E-state index in [1.165, 1.54) is 6.20 Å². The fourth-order valence-electron chi connectivity index (χ4n) is 3.51. The van der Waals surface area contributed by atoms with Crippen molar-refractivity contribution in [3.05, 3.63) is 24.2 Å². The molecule has 0 atom stereocenters. The van der Waals surface area contributed by atoms with Crippen LogP contribution in [0.5, 0.6) is 0 Å². The molecule has 2 aromatic rings. The van der Waals surface area contributed by atoms with Gasteiger partial charge >= 0.3 is 18.2 Å². The van der Waals surface area contributed by atoms with Crippen molar-refractivity contribution in [1.29, 1.82) is 0 Å². The standard InChI is InChI=1S/C18H20F3N5O3.2C2H6/c1-16(2,3)28-15(27)26-9-17(10-26)7-25(8-17)12-5-4-11(6-22-12)13-23-14(29-24-13)18(19,20)21;2*1-2/h4-6H,7-10H2,1-3H3;2*1-2H3. The molecule has 2 fully saturated rings. The van der Waals surface area contributed by atoms with Gasteiger partial charge in [0.25, 0.3) is 0 Å². The quantitative estimate of drug-likeness (QED) is 0.591. The first kappa shape index (κ1) is 26.4. The number of amides is 1. The SMILES string of the molecule is CC.CC.CC(C)(C)OC(=O)N1CC2(C1)CN(c1ccc(-c3noc(C(F)(F)F)n3)cn1)C2. The molecular formula is C22H32F3N5O3. The molecule has 33 heavy (non-hydrogen) atoms. The Kier molecular flexibility index (Phi) is 7.97. The van der Waals surface area contributed by atoms with Gasteiger partial charge in [-0.3, -0.25) is 0 Å². The molecule has 2 aromatic heterocycles. The molecule has 1 spiro atoms. The van der Waals surface area contributed by atoms with Gasteiger partial charge in [-0.1, -0.05) is 32.9 Å². The zero-order chi connectivity index (χ0) is 25.0. The molecule has 0 aliphatic carbocycles. The van der Waals surface area contributed by atoms with Gasteiger partial charge in [-0.2, -0.15) is 18.2 Å². The van der Waals surface area contributed by atoms with E-state index in [1.807, 2.05) is 53.4 Å². The summed E-state index contributed by atoms with van der Waals surface area (Å²) in [5.41, 5.74) is -0.133. The Bertz CT molecular complexity index is 909. The first-order chi connectivity index (χ1) is 15.4. The molecule has 0 bridgehead atoms. The zero-order valence-electron chi connectivity index (χ0n) is 20.2. The second-order valence-electron chi connectivity index (χ2n) is 8.52. The Labute approximate surface area is 192 Å². The summed E-state index contributed by atoms with van der Waals surface area (Å²) in [7, 11) is 0. The number of halogens is 3. The van der Waals surface area contributed by atoms with Gasteiger partial charge < -0.3 is 19.1 Å². The lowest BCUT2D eigenvalue weighted by atomic mass is 9.73. The van der Waals surface area contributed by atoms with Gasteiger partial charge in [-0.25, -0.2) is 9.78 Å². The molecule has 184 valence electrons. The molecule has 8 nitrogen and oxygen atoms in total. The van der Waals surface area contributed by atoms with Gasteiger partial charge in [0, 0.05) is 43.4 Å². The third-order valence-corrected chi connectivity index (χ3v) is 4.76. The number of alkyl halides is 3. The van der Waals surface area contributed by atoms with Crippen molar-refractivity contribution in [1.82, 2.24) is 20.0 Å². The van der Waals surface area contributed by atoms with Gasteiger partial charge in [-0.15, -0.1) is 0 Å². The molecule has 2 saturated heterocycles. The maximum atomic E-state index is 12.6. The van der Waals surface area contributed by atoms with Crippen LogP contribution in [0.1, 0.15) is 54.4 Å². The van der Waals surface area contributed by atoms with Crippen molar-refractivity contribution in [2.45, 2.75) is 60.2 Å². The predicted octanol–water partition coefficient (Wildman–Crippen LogP) is 5.26. The van der Waals surface area contributed by atoms with E-state index >= 15 is 0 Å². The van der Waals surface area contributed by atoms with Crippen molar-refractivity contribution >= 4 is 11.9 Å². The average molecular weight is 472 g/mol. The highest BCUT2D eigenvalue weighted by Gasteiger charge is 2.54. The average Bonchev–Trinajstić information content (AvgIpc) is 3.19. The summed E-state index contributed by atoms with van der Waals surface area (Å²) in [5, 5.41) is 3.35. The largest absolute Gasteiger partial charge is 0.471 e. The number of carbonyl (C=O) groups is 1. The lowest BCUT2D eigenvalue weighted by Crippen LogP contribution is -2.73. The fourth-order valence-corrected chi connectivity index (χ4v) is 3.51. The lowest BCUT2D eigenvalue weighted by Gasteiger charge is -2.60. The Morgan fingerprint density at radius 3 is 2.12 bits per heavy atom.